The lowest BCUT2D eigenvalue weighted by molar-refractivity contribution is 0.488. The molecule has 0 aromatic rings. The summed E-state index contributed by atoms with van der Waals surface area (Å²) in [4.78, 5) is 0. The third-order valence-corrected chi connectivity index (χ3v) is 2.60. The molecule has 0 heterocycles. The topological polar surface area (TPSA) is 0 Å². The molecule has 1 aliphatic carbocycles. The van der Waals surface area contributed by atoms with E-state index in [9.17, 15) is 4.39 Å². The van der Waals surface area contributed by atoms with Gasteiger partial charge >= 0.3 is 0 Å². The van der Waals surface area contributed by atoms with Crippen LogP contribution in [-0.4, -0.2) is 0 Å². The van der Waals surface area contributed by atoms with Crippen LogP contribution in [0.15, 0.2) is 11.4 Å². The Morgan fingerprint density at radius 1 is 1.58 bits per heavy atom. The summed E-state index contributed by atoms with van der Waals surface area (Å²) in [5, 5.41) is 0. The highest BCUT2D eigenvalue weighted by atomic mass is 19.1. The average molecular weight is 166 g/mol. The van der Waals surface area contributed by atoms with E-state index in [1.807, 2.05) is 6.92 Å². The Hall–Kier alpha value is -0.770. The first-order valence-electron chi connectivity index (χ1n) is 4.53. The van der Waals surface area contributed by atoms with Gasteiger partial charge in [0.05, 0.1) is 0 Å². The Labute approximate surface area is 73.9 Å². The van der Waals surface area contributed by atoms with Crippen molar-refractivity contribution in [3.63, 3.8) is 0 Å². The van der Waals surface area contributed by atoms with Gasteiger partial charge in [-0.1, -0.05) is 19.8 Å². The molecule has 0 aromatic carbocycles. The van der Waals surface area contributed by atoms with Gasteiger partial charge in [-0.05, 0) is 37.2 Å². The van der Waals surface area contributed by atoms with E-state index in [-0.39, 0.29) is 5.83 Å². The lowest BCUT2D eigenvalue weighted by atomic mass is 9.91. The lowest BCUT2D eigenvalue weighted by Crippen LogP contribution is -2.03. The second kappa shape index (κ2) is 3.76. The van der Waals surface area contributed by atoms with Gasteiger partial charge in [0.25, 0.3) is 0 Å². The predicted molar refractivity (Wildman–Crippen MR) is 49.1 cm³/mol. The SMILES string of the molecule is CCC1C#CC(F)=C(C)C(C)C1. The van der Waals surface area contributed by atoms with Crippen LogP contribution in [0.2, 0.25) is 0 Å². The van der Waals surface area contributed by atoms with E-state index < -0.39 is 0 Å². The molecular formula is C11H15F. The Balaban J connectivity index is 2.86. The van der Waals surface area contributed by atoms with Crippen LogP contribution in [0.3, 0.4) is 0 Å². The standard InChI is InChI=1S/C11H15F/c1-4-10-5-6-11(12)9(3)8(2)7-10/h8,10H,4,7H2,1-3H3. The van der Waals surface area contributed by atoms with Crippen molar-refractivity contribution in [2.24, 2.45) is 11.8 Å². The van der Waals surface area contributed by atoms with Gasteiger partial charge in [0.2, 0.25) is 0 Å². The Bertz CT molecular complexity index is 252. The fourth-order valence-corrected chi connectivity index (χ4v) is 1.41. The second-order valence-corrected chi connectivity index (χ2v) is 3.51. The fraction of sp³-hybridized carbons (Fsp3) is 0.636. The van der Waals surface area contributed by atoms with Crippen LogP contribution in [0.4, 0.5) is 4.39 Å². The van der Waals surface area contributed by atoms with E-state index >= 15 is 0 Å². The van der Waals surface area contributed by atoms with Gasteiger partial charge in [-0.25, -0.2) is 0 Å². The zero-order valence-corrected chi connectivity index (χ0v) is 7.95. The van der Waals surface area contributed by atoms with Gasteiger partial charge in [0.1, 0.15) is 0 Å². The number of hydrogen-bond donors (Lipinski definition) is 0. The third-order valence-electron chi connectivity index (χ3n) is 2.60. The summed E-state index contributed by atoms with van der Waals surface area (Å²) in [6.07, 6.45) is 2.03. The summed E-state index contributed by atoms with van der Waals surface area (Å²) in [6.45, 7) is 6.00. The molecule has 0 aromatic heterocycles. The Morgan fingerprint density at radius 3 is 2.83 bits per heavy atom. The van der Waals surface area contributed by atoms with Gasteiger partial charge in [-0.15, -0.1) is 0 Å². The van der Waals surface area contributed by atoms with Crippen LogP contribution in [0.1, 0.15) is 33.6 Å². The van der Waals surface area contributed by atoms with Crippen LogP contribution >= 0.6 is 0 Å². The molecule has 2 atom stereocenters. The Morgan fingerprint density at radius 2 is 2.25 bits per heavy atom. The molecule has 1 aliphatic rings. The van der Waals surface area contributed by atoms with Crippen molar-refractivity contribution in [2.75, 3.05) is 0 Å². The molecule has 2 unspecified atom stereocenters. The highest BCUT2D eigenvalue weighted by Gasteiger charge is 2.16. The predicted octanol–water partition coefficient (Wildman–Crippen LogP) is 3.30. The summed E-state index contributed by atoms with van der Waals surface area (Å²) in [7, 11) is 0. The molecule has 0 radical (unpaired) electrons. The molecule has 0 bridgehead atoms. The Kier molecular flexibility index (Phi) is 2.92. The quantitative estimate of drug-likeness (QED) is 0.524. The van der Waals surface area contributed by atoms with E-state index in [1.54, 1.807) is 0 Å². The highest BCUT2D eigenvalue weighted by Crippen LogP contribution is 2.26. The third kappa shape index (κ3) is 1.88. The maximum atomic E-state index is 13.1. The first-order chi connectivity index (χ1) is 5.65. The largest absolute Gasteiger partial charge is 0.197 e. The van der Waals surface area contributed by atoms with Crippen molar-refractivity contribution in [3.05, 3.63) is 11.4 Å². The van der Waals surface area contributed by atoms with Gasteiger partial charge in [-0.2, -0.15) is 4.39 Å². The zero-order valence-electron chi connectivity index (χ0n) is 7.95. The van der Waals surface area contributed by atoms with Crippen LogP contribution in [0.25, 0.3) is 0 Å². The molecule has 0 nitrogen and oxygen atoms in total. The normalized spacial score (nSPS) is 29.3. The summed E-state index contributed by atoms with van der Waals surface area (Å²) in [6, 6.07) is 0. The molecule has 66 valence electrons. The molecular weight excluding hydrogens is 151 g/mol. The average Bonchev–Trinajstić information content (AvgIpc) is 2.19. The first kappa shape index (κ1) is 9.32. The molecule has 0 saturated heterocycles. The smallest absolute Gasteiger partial charge is 0.172 e. The second-order valence-electron chi connectivity index (χ2n) is 3.51. The van der Waals surface area contributed by atoms with Crippen molar-refractivity contribution in [3.8, 4) is 11.8 Å². The molecule has 0 spiro atoms. The van der Waals surface area contributed by atoms with E-state index in [4.69, 9.17) is 0 Å². The number of halogens is 1. The molecule has 0 amide bonds. The van der Waals surface area contributed by atoms with Gasteiger partial charge < -0.3 is 0 Å². The first-order valence-corrected chi connectivity index (χ1v) is 4.53. The zero-order chi connectivity index (χ0) is 9.14. The van der Waals surface area contributed by atoms with Gasteiger partial charge in [0.15, 0.2) is 5.83 Å². The minimum atomic E-state index is -0.210. The summed E-state index contributed by atoms with van der Waals surface area (Å²) in [5.74, 6) is 6.05. The molecule has 1 heteroatoms. The van der Waals surface area contributed by atoms with Gasteiger partial charge in [0, 0.05) is 5.92 Å². The van der Waals surface area contributed by atoms with E-state index in [0.29, 0.717) is 11.8 Å². The van der Waals surface area contributed by atoms with Crippen LogP contribution in [0, 0.1) is 23.7 Å². The maximum absolute atomic E-state index is 13.1. The molecule has 0 fully saturated rings. The van der Waals surface area contributed by atoms with Crippen LogP contribution in [-0.2, 0) is 0 Å². The lowest BCUT2D eigenvalue weighted by Gasteiger charge is -2.13. The van der Waals surface area contributed by atoms with E-state index in [2.05, 4.69) is 25.7 Å². The molecule has 1 rings (SSSR count). The van der Waals surface area contributed by atoms with Crippen molar-refractivity contribution < 1.29 is 4.39 Å². The summed E-state index contributed by atoms with van der Waals surface area (Å²) < 4.78 is 13.1. The van der Waals surface area contributed by atoms with E-state index in [1.165, 1.54) is 0 Å². The number of hydrogen-bond acceptors (Lipinski definition) is 0. The van der Waals surface area contributed by atoms with Crippen molar-refractivity contribution in [1.82, 2.24) is 0 Å². The minimum Gasteiger partial charge on any atom is -0.197 e. The van der Waals surface area contributed by atoms with Gasteiger partial charge in [-0.3, -0.25) is 0 Å². The number of rotatable bonds is 1. The maximum Gasteiger partial charge on any atom is 0.172 e. The number of allylic oxidation sites excluding steroid dienone is 2. The minimum absolute atomic E-state index is 0.210. The van der Waals surface area contributed by atoms with E-state index in [0.717, 1.165) is 18.4 Å². The monoisotopic (exact) mass is 166 g/mol. The summed E-state index contributed by atoms with van der Waals surface area (Å²) >= 11 is 0. The summed E-state index contributed by atoms with van der Waals surface area (Å²) in [5.41, 5.74) is 0.818. The fourth-order valence-electron chi connectivity index (χ4n) is 1.41. The van der Waals surface area contributed by atoms with Crippen molar-refractivity contribution >= 4 is 0 Å². The molecule has 0 aliphatic heterocycles. The van der Waals surface area contributed by atoms with Crippen LogP contribution < -0.4 is 0 Å². The molecule has 0 N–H and O–H groups in total. The van der Waals surface area contributed by atoms with Crippen molar-refractivity contribution in [2.45, 2.75) is 33.6 Å². The molecule has 12 heavy (non-hydrogen) atoms. The van der Waals surface area contributed by atoms with Crippen molar-refractivity contribution in [1.29, 1.82) is 0 Å². The molecule has 0 saturated carbocycles. The van der Waals surface area contributed by atoms with Crippen LogP contribution in [0.5, 0.6) is 0 Å². The highest BCUT2D eigenvalue weighted by molar-refractivity contribution is 5.31.